The van der Waals surface area contributed by atoms with E-state index in [1.807, 2.05) is 0 Å². The zero-order valence-corrected chi connectivity index (χ0v) is 11.2. The van der Waals surface area contributed by atoms with Crippen molar-refractivity contribution in [3.05, 3.63) is 24.2 Å². The summed E-state index contributed by atoms with van der Waals surface area (Å²) in [4.78, 5) is 33.4. The summed E-state index contributed by atoms with van der Waals surface area (Å²) in [5.41, 5.74) is 0.403. The van der Waals surface area contributed by atoms with E-state index in [9.17, 15) is 14.4 Å². The maximum Gasteiger partial charge on any atom is 0.303 e. The van der Waals surface area contributed by atoms with Gasteiger partial charge in [0.2, 0.25) is 5.91 Å². The van der Waals surface area contributed by atoms with E-state index >= 15 is 0 Å². The number of amides is 2. The fourth-order valence-corrected chi connectivity index (χ4v) is 1.54. The summed E-state index contributed by atoms with van der Waals surface area (Å²) in [6.45, 7) is 1.95. The predicted octanol–water partition coefficient (Wildman–Crippen LogP) is 0.769. The van der Waals surface area contributed by atoms with Crippen molar-refractivity contribution in [2.24, 2.45) is 0 Å². The Morgan fingerprint density at radius 2 is 2.10 bits per heavy atom. The Kier molecular flexibility index (Phi) is 6.28. The molecule has 1 atom stereocenters. The van der Waals surface area contributed by atoms with Crippen molar-refractivity contribution < 1.29 is 23.9 Å². The Balaban J connectivity index is 2.17. The zero-order chi connectivity index (χ0) is 15.0. The predicted molar refractivity (Wildman–Crippen MR) is 70.1 cm³/mol. The minimum Gasteiger partial charge on any atom is -0.481 e. The molecule has 0 saturated heterocycles. The van der Waals surface area contributed by atoms with Crippen LogP contribution in [0.5, 0.6) is 0 Å². The number of rotatable bonds is 8. The van der Waals surface area contributed by atoms with Crippen LogP contribution in [0.25, 0.3) is 0 Å². The van der Waals surface area contributed by atoms with E-state index in [-0.39, 0.29) is 37.2 Å². The van der Waals surface area contributed by atoms with Gasteiger partial charge in [-0.05, 0) is 19.4 Å². The molecule has 3 N–H and O–H groups in total. The molecule has 0 aromatic carbocycles. The van der Waals surface area contributed by atoms with Crippen molar-refractivity contribution >= 4 is 17.8 Å². The topological polar surface area (TPSA) is 109 Å². The molecule has 1 aromatic rings. The van der Waals surface area contributed by atoms with Gasteiger partial charge in [-0.25, -0.2) is 0 Å². The summed E-state index contributed by atoms with van der Waals surface area (Å²) in [5.74, 6) is -1.42. The lowest BCUT2D eigenvalue weighted by Crippen LogP contribution is -2.35. The smallest absolute Gasteiger partial charge is 0.303 e. The molecule has 0 fully saturated rings. The molecule has 0 aliphatic heterocycles. The van der Waals surface area contributed by atoms with Crippen molar-refractivity contribution in [2.45, 2.75) is 32.2 Å². The highest BCUT2D eigenvalue weighted by atomic mass is 16.4. The van der Waals surface area contributed by atoms with Crippen LogP contribution in [-0.2, 0) is 9.59 Å². The molecule has 7 heteroatoms. The normalized spacial score (nSPS) is 11.7. The monoisotopic (exact) mass is 282 g/mol. The van der Waals surface area contributed by atoms with Crippen LogP contribution in [0.4, 0.5) is 0 Å². The number of carbonyl (C=O) groups is 3. The molecule has 0 aliphatic rings. The third-order valence-electron chi connectivity index (χ3n) is 2.62. The number of carbonyl (C=O) groups excluding carboxylic acids is 2. The van der Waals surface area contributed by atoms with E-state index in [2.05, 4.69) is 10.6 Å². The van der Waals surface area contributed by atoms with E-state index in [4.69, 9.17) is 9.52 Å². The Labute approximate surface area is 116 Å². The van der Waals surface area contributed by atoms with E-state index in [1.165, 1.54) is 18.6 Å². The zero-order valence-electron chi connectivity index (χ0n) is 11.2. The second kappa shape index (κ2) is 7.98. The van der Waals surface area contributed by atoms with Crippen molar-refractivity contribution in [2.75, 3.05) is 6.54 Å². The van der Waals surface area contributed by atoms with Crippen LogP contribution in [0.3, 0.4) is 0 Å². The van der Waals surface area contributed by atoms with Gasteiger partial charge < -0.3 is 20.2 Å². The van der Waals surface area contributed by atoms with E-state index in [0.29, 0.717) is 12.0 Å². The molecular formula is C13H18N2O5. The molecule has 0 spiro atoms. The number of carboxylic acid groups (broad SMARTS) is 1. The lowest BCUT2D eigenvalue weighted by atomic mass is 10.2. The lowest BCUT2D eigenvalue weighted by Gasteiger charge is -2.12. The fraction of sp³-hybridized carbons (Fsp3) is 0.462. The van der Waals surface area contributed by atoms with Crippen LogP contribution in [-0.4, -0.2) is 35.5 Å². The van der Waals surface area contributed by atoms with E-state index in [1.54, 1.807) is 6.92 Å². The summed E-state index contributed by atoms with van der Waals surface area (Å²) in [6, 6.07) is 1.33. The average Bonchev–Trinajstić information content (AvgIpc) is 2.90. The van der Waals surface area contributed by atoms with Gasteiger partial charge in [-0.15, -0.1) is 0 Å². The number of nitrogens with one attached hydrogen (secondary N) is 2. The Hall–Kier alpha value is -2.31. The molecule has 1 unspecified atom stereocenters. The summed E-state index contributed by atoms with van der Waals surface area (Å²) >= 11 is 0. The molecule has 20 heavy (non-hydrogen) atoms. The quantitative estimate of drug-likeness (QED) is 0.652. The van der Waals surface area contributed by atoms with Crippen LogP contribution in [0.2, 0.25) is 0 Å². The maximum absolute atomic E-state index is 11.5. The van der Waals surface area contributed by atoms with Crippen LogP contribution in [0.15, 0.2) is 23.0 Å². The van der Waals surface area contributed by atoms with Gasteiger partial charge in [0.1, 0.15) is 6.26 Å². The minimum atomic E-state index is -0.890. The standard InChI is InChI=1S/C13H18N2O5/c1-9(2-3-12(17)18)15-11(16)4-6-14-13(19)10-5-7-20-8-10/h5,7-9H,2-4,6H2,1H3,(H,14,19)(H,15,16)(H,17,18). The third kappa shape index (κ3) is 6.03. The van der Waals surface area contributed by atoms with Gasteiger partial charge in [0, 0.05) is 25.4 Å². The van der Waals surface area contributed by atoms with E-state index < -0.39 is 5.97 Å². The Bertz CT molecular complexity index is 455. The van der Waals surface area contributed by atoms with Gasteiger partial charge >= 0.3 is 5.97 Å². The molecule has 7 nitrogen and oxygen atoms in total. The number of hydrogen-bond donors (Lipinski definition) is 3. The number of furan rings is 1. The van der Waals surface area contributed by atoms with Gasteiger partial charge in [-0.1, -0.05) is 0 Å². The summed E-state index contributed by atoms with van der Waals surface area (Å²) in [6.07, 6.45) is 3.25. The summed E-state index contributed by atoms with van der Waals surface area (Å²) < 4.78 is 4.77. The largest absolute Gasteiger partial charge is 0.481 e. The summed E-state index contributed by atoms with van der Waals surface area (Å²) in [7, 11) is 0. The highest BCUT2D eigenvalue weighted by Gasteiger charge is 2.10. The van der Waals surface area contributed by atoms with Crippen LogP contribution in [0, 0.1) is 0 Å². The molecule has 1 rings (SSSR count). The van der Waals surface area contributed by atoms with Gasteiger partial charge in [0.25, 0.3) is 5.91 Å². The molecule has 0 radical (unpaired) electrons. The fourth-order valence-electron chi connectivity index (χ4n) is 1.54. The Morgan fingerprint density at radius 1 is 1.35 bits per heavy atom. The van der Waals surface area contributed by atoms with Crippen LogP contribution >= 0.6 is 0 Å². The Morgan fingerprint density at radius 3 is 2.70 bits per heavy atom. The highest BCUT2D eigenvalue weighted by molar-refractivity contribution is 5.94. The van der Waals surface area contributed by atoms with Crippen molar-refractivity contribution in [3.63, 3.8) is 0 Å². The second-order valence-corrected chi connectivity index (χ2v) is 4.42. The number of carboxylic acids is 1. The summed E-state index contributed by atoms with van der Waals surface area (Å²) in [5, 5.41) is 13.8. The van der Waals surface area contributed by atoms with Gasteiger partial charge in [-0.3, -0.25) is 14.4 Å². The first-order chi connectivity index (χ1) is 9.49. The molecule has 0 bridgehead atoms. The molecule has 110 valence electrons. The van der Waals surface area contributed by atoms with E-state index in [0.717, 1.165) is 0 Å². The molecule has 0 aliphatic carbocycles. The minimum absolute atomic E-state index is 0.0126. The first-order valence-corrected chi connectivity index (χ1v) is 6.30. The molecule has 0 saturated carbocycles. The van der Waals surface area contributed by atoms with Gasteiger partial charge in [0.05, 0.1) is 11.8 Å². The molecular weight excluding hydrogens is 264 g/mol. The van der Waals surface area contributed by atoms with Crippen molar-refractivity contribution in [3.8, 4) is 0 Å². The van der Waals surface area contributed by atoms with Crippen LogP contribution in [0.1, 0.15) is 36.5 Å². The molecule has 1 aromatic heterocycles. The molecule has 1 heterocycles. The average molecular weight is 282 g/mol. The maximum atomic E-state index is 11.5. The third-order valence-corrected chi connectivity index (χ3v) is 2.62. The van der Waals surface area contributed by atoms with Crippen molar-refractivity contribution in [1.82, 2.24) is 10.6 Å². The number of hydrogen-bond acceptors (Lipinski definition) is 4. The second-order valence-electron chi connectivity index (χ2n) is 4.42. The highest BCUT2D eigenvalue weighted by Crippen LogP contribution is 1.99. The first kappa shape index (κ1) is 15.7. The SMILES string of the molecule is CC(CCC(=O)O)NC(=O)CCNC(=O)c1ccoc1. The lowest BCUT2D eigenvalue weighted by molar-refractivity contribution is -0.137. The first-order valence-electron chi connectivity index (χ1n) is 6.30. The van der Waals surface area contributed by atoms with Crippen LogP contribution < -0.4 is 10.6 Å². The number of aliphatic carboxylic acids is 1. The molecule has 2 amide bonds. The van der Waals surface area contributed by atoms with Crippen molar-refractivity contribution in [1.29, 1.82) is 0 Å². The van der Waals surface area contributed by atoms with Gasteiger partial charge in [0.15, 0.2) is 0 Å². The van der Waals surface area contributed by atoms with Gasteiger partial charge in [-0.2, -0.15) is 0 Å².